The van der Waals surface area contributed by atoms with Crippen molar-refractivity contribution in [1.29, 1.82) is 0 Å². The van der Waals surface area contributed by atoms with Crippen LogP contribution < -0.4 is 5.32 Å². The van der Waals surface area contributed by atoms with Gasteiger partial charge in [-0.15, -0.1) is 0 Å². The van der Waals surface area contributed by atoms with E-state index in [4.69, 9.17) is 0 Å². The van der Waals surface area contributed by atoms with Crippen molar-refractivity contribution >= 4 is 11.6 Å². The lowest BCUT2D eigenvalue weighted by atomic mass is 10.0. The summed E-state index contributed by atoms with van der Waals surface area (Å²) in [5.41, 5.74) is -1.21. The fourth-order valence-corrected chi connectivity index (χ4v) is 2.93. The Balaban J connectivity index is 1.71. The molecule has 0 radical (unpaired) electrons. The minimum atomic E-state index is -4.74. The van der Waals surface area contributed by atoms with E-state index in [1.165, 1.54) is 16.9 Å². The molecule has 0 amide bonds. The molecule has 0 atom stereocenters. The summed E-state index contributed by atoms with van der Waals surface area (Å²) in [6.07, 6.45) is -2.21. The van der Waals surface area contributed by atoms with Gasteiger partial charge in [-0.25, -0.2) is 9.37 Å². The molecular formula is C16H13F4N5O. The lowest BCUT2D eigenvalue weighted by Gasteiger charge is -2.21. The molecular weight excluding hydrogens is 354 g/mol. The van der Waals surface area contributed by atoms with Crippen molar-refractivity contribution in [2.45, 2.75) is 31.2 Å². The molecule has 0 bridgehead atoms. The molecule has 2 heterocycles. The lowest BCUT2D eigenvalue weighted by molar-refractivity contribution is -0.140. The van der Waals surface area contributed by atoms with E-state index in [1.807, 2.05) is 0 Å². The smallest absolute Gasteiger partial charge is 0.390 e. The third-order valence-corrected chi connectivity index (χ3v) is 4.41. The summed E-state index contributed by atoms with van der Waals surface area (Å²) in [5, 5.41) is 16.6. The Hall–Kier alpha value is -2.75. The second-order valence-corrected chi connectivity index (χ2v) is 6.16. The average molecular weight is 367 g/mol. The Morgan fingerprint density at radius 3 is 2.62 bits per heavy atom. The number of alkyl halides is 3. The maximum Gasteiger partial charge on any atom is 0.419 e. The molecule has 0 aliphatic heterocycles. The van der Waals surface area contributed by atoms with Gasteiger partial charge in [0.1, 0.15) is 18.0 Å². The minimum absolute atomic E-state index is 0.272. The van der Waals surface area contributed by atoms with Crippen LogP contribution in [0.5, 0.6) is 0 Å². The van der Waals surface area contributed by atoms with Crippen LogP contribution >= 0.6 is 0 Å². The van der Waals surface area contributed by atoms with Crippen LogP contribution in [0.3, 0.4) is 0 Å². The third kappa shape index (κ3) is 2.75. The van der Waals surface area contributed by atoms with Crippen LogP contribution in [0.2, 0.25) is 0 Å². The summed E-state index contributed by atoms with van der Waals surface area (Å²) in [7, 11) is 0. The number of aliphatic hydroxyl groups is 1. The van der Waals surface area contributed by atoms with E-state index in [0.29, 0.717) is 29.9 Å². The first-order valence-electron chi connectivity index (χ1n) is 7.78. The highest BCUT2D eigenvalue weighted by Gasteiger charge is 2.46. The molecule has 10 heteroatoms. The topological polar surface area (TPSA) is 75.3 Å². The summed E-state index contributed by atoms with van der Waals surface area (Å²) < 4.78 is 53.6. The highest BCUT2D eigenvalue weighted by Crippen LogP contribution is 2.49. The van der Waals surface area contributed by atoms with Crippen LogP contribution in [-0.2, 0) is 18.3 Å². The maximum absolute atomic E-state index is 13.9. The average Bonchev–Trinajstić information content (AvgIpc) is 3.20. The molecule has 1 saturated carbocycles. The van der Waals surface area contributed by atoms with E-state index in [0.717, 1.165) is 12.1 Å². The number of benzene rings is 1. The van der Waals surface area contributed by atoms with Gasteiger partial charge in [-0.05, 0) is 30.5 Å². The monoisotopic (exact) mass is 367 g/mol. The number of fused-ring (bicyclic) bond motifs is 1. The molecule has 0 saturated heterocycles. The van der Waals surface area contributed by atoms with Gasteiger partial charge in [-0.3, -0.25) is 0 Å². The first-order chi connectivity index (χ1) is 12.3. The molecule has 4 rings (SSSR count). The van der Waals surface area contributed by atoms with Crippen molar-refractivity contribution in [2.24, 2.45) is 0 Å². The Morgan fingerprint density at radius 1 is 1.23 bits per heavy atom. The largest absolute Gasteiger partial charge is 0.419 e. The van der Waals surface area contributed by atoms with Crippen molar-refractivity contribution in [3.05, 3.63) is 53.2 Å². The number of rotatable bonds is 4. The predicted octanol–water partition coefficient (Wildman–Crippen LogP) is 2.88. The lowest BCUT2D eigenvalue weighted by Crippen LogP contribution is -2.22. The maximum atomic E-state index is 13.9. The van der Waals surface area contributed by atoms with Crippen molar-refractivity contribution in [2.75, 3.05) is 5.32 Å². The van der Waals surface area contributed by atoms with Crippen molar-refractivity contribution in [3.8, 4) is 0 Å². The van der Waals surface area contributed by atoms with E-state index in [1.54, 1.807) is 6.07 Å². The molecule has 136 valence electrons. The Morgan fingerprint density at radius 2 is 2.00 bits per heavy atom. The molecule has 3 aromatic rings. The quantitative estimate of drug-likeness (QED) is 0.694. The second kappa shape index (κ2) is 5.63. The van der Waals surface area contributed by atoms with Crippen LogP contribution in [0, 0.1) is 5.82 Å². The van der Waals surface area contributed by atoms with Gasteiger partial charge in [-0.1, -0.05) is 6.07 Å². The van der Waals surface area contributed by atoms with Gasteiger partial charge in [0.2, 0.25) is 0 Å². The molecule has 26 heavy (non-hydrogen) atoms. The molecule has 2 N–H and O–H groups in total. The summed E-state index contributed by atoms with van der Waals surface area (Å²) in [5.74, 6) is -0.567. The van der Waals surface area contributed by atoms with Gasteiger partial charge in [0.15, 0.2) is 0 Å². The zero-order valence-corrected chi connectivity index (χ0v) is 13.3. The Labute approximate surface area is 144 Å². The van der Waals surface area contributed by atoms with E-state index in [2.05, 4.69) is 20.4 Å². The zero-order valence-electron chi connectivity index (χ0n) is 13.3. The van der Waals surface area contributed by atoms with E-state index in [-0.39, 0.29) is 12.4 Å². The van der Waals surface area contributed by atoms with E-state index >= 15 is 0 Å². The molecule has 0 spiro atoms. The van der Waals surface area contributed by atoms with Gasteiger partial charge in [0.05, 0.1) is 23.4 Å². The third-order valence-electron chi connectivity index (χ3n) is 4.41. The van der Waals surface area contributed by atoms with Crippen LogP contribution in [-0.4, -0.2) is 24.7 Å². The standard InChI is InChI=1S/C16H13F4N5O/c17-12-5-9(1-2-11(12)16(18,19)20)15(3-4-15)24-13-6-10(7-26)23-14-21-8-22-25(13)14/h1-2,5-6,8,24,26H,3-4,7H2. The van der Waals surface area contributed by atoms with Crippen molar-refractivity contribution < 1.29 is 22.7 Å². The summed E-state index contributed by atoms with van der Waals surface area (Å²) in [4.78, 5) is 8.07. The van der Waals surface area contributed by atoms with Crippen molar-refractivity contribution in [1.82, 2.24) is 19.6 Å². The normalized spacial score (nSPS) is 16.0. The molecule has 2 aromatic heterocycles. The van der Waals surface area contributed by atoms with Gasteiger partial charge in [0.25, 0.3) is 5.78 Å². The van der Waals surface area contributed by atoms with Crippen LogP contribution in [0.15, 0.2) is 30.6 Å². The zero-order chi connectivity index (χ0) is 18.5. The van der Waals surface area contributed by atoms with Crippen LogP contribution in [0.4, 0.5) is 23.4 Å². The number of aromatic nitrogens is 4. The van der Waals surface area contributed by atoms with E-state index < -0.39 is 23.1 Å². The van der Waals surface area contributed by atoms with Gasteiger partial charge < -0.3 is 10.4 Å². The number of hydrogen-bond acceptors (Lipinski definition) is 5. The Kier molecular flexibility index (Phi) is 3.62. The summed E-state index contributed by atoms with van der Waals surface area (Å²) in [6.45, 7) is -0.306. The highest BCUT2D eigenvalue weighted by atomic mass is 19.4. The molecule has 1 aliphatic rings. The summed E-state index contributed by atoms with van der Waals surface area (Å²) >= 11 is 0. The first kappa shape index (κ1) is 16.7. The number of aliphatic hydroxyl groups excluding tert-OH is 1. The number of nitrogens with zero attached hydrogens (tertiary/aromatic N) is 4. The van der Waals surface area contributed by atoms with Crippen molar-refractivity contribution in [3.63, 3.8) is 0 Å². The molecule has 1 fully saturated rings. The molecule has 1 aromatic carbocycles. The molecule has 1 aliphatic carbocycles. The SMILES string of the molecule is OCc1cc(NC2(c3ccc(C(F)(F)F)c(F)c3)CC2)n2ncnc2n1. The fourth-order valence-electron chi connectivity index (χ4n) is 2.93. The van der Waals surface area contributed by atoms with Gasteiger partial charge >= 0.3 is 6.18 Å². The van der Waals surface area contributed by atoms with Crippen LogP contribution in [0.1, 0.15) is 29.7 Å². The minimum Gasteiger partial charge on any atom is -0.390 e. The highest BCUT2D eigenvalue weighted by molar-refractivity contribution is 5.51. The number of hydrogen-bond donors (Lipinski definition) is 2. The molecule has 6 nitrogen and oxygen atoms in total. The summed E-state index contributed by atoms with van der Waals surface area (Å²) in [6, 6.07) is 4.51. The van der Waals surface area contributed by atoms with Gasteiger partial charge in [-0.2, -0.15) is 27.8 Å². The number of halogens is 4. The molecule has 0 unspecified atom stereocenters. The number of nitrogens with one attached hydrogen (secondary N) is 1. The van der Waals surface area contributed by atoms with E-state index in [9.17, 15) is 22.7 Å². The fraction of sp³-hybridized carbons (Fsp3) is 0.312. The second-order valence-electron chi connectivity index (χ2n) is 6.16. The van der Waals surface area contributed by atoms with Gasteiger partial charge in [0, 0.05) is 6.07 Å². The predicted molar refractivity (Wildman–Crippen MR) is 82.6 cm³/mol. The first-order valence-corrected chi connectivity index (χ1v) is 7.78. The number of anilines is 1. The Bertz CT molecular complexity index is 980. The van der Waals surface area contributed by atoms with Crippen LogP contribution in [0.25, 0.3) is 5.78 Å².